The fourth-order valence-corrected chi connectivity index (χ4v) is 12.9. The number of carbonyl (C=O) groups is 2. The SMILES string of the molecule is CCCCC/C=C\C/C=C\CCCCCCCCCCCCCCCCCCCC(=O)NC(COP(=O)(O)OCC[N+](C)(C)C)C(/C=C/CCCCCCCCCCCC)OC(=O)CCCCCCCCCCCCCCCCCCCCCCCCCCC. The largest absolute Gasteiger partial charge is 0.472 e. The van der Waals surface area contributed by atoms with Gasteiger partial charge in [-0.05, 0) is 63.9 Å². The van der Waals surface area contributed by atoms with Crippen molar-refractivity contribution in [3.8, 4) is 0 Å². The molecule has 3 atom stereocenters. The summed E-state index contributed by atoms with van der Waals surface area (Å²) in [5.41, 5.74) is 0. The number of phosphoric ester groups is 1. The van der Waals surface area contributed by atoms with Crippen molar-refractivity contribution in [2.75, 3.05) is 40.9 Å². The predicted octanol–water partition coefficient (Wildman–Crippen LogP) is 25.7. The van der Waals surface area contributed by atoms with E-state index < -0.39 is 20.0 Å². The Labute approximate surface area is 561 Å². The number of likely N-dealkylation sites (N-methyl/N-ethyl adjacent to an activating group) is 1. The van der Waals surface area contributed by atoms with Gasteiger partial charge in [-0.25, -0.2) is 4.57 Å². The highest BCUT2D eigenvalue weighted by Crippen LogP contribution is 2.43. The molecule has 9 nitrogen and oxygen atoms in total. The molecule has 0 radical (unpaired) electrons. The van der Waals surface area contributed by atoms with Gasteiger partial charge in [0.25, 0.3) is 0 Å². The first-order chi connectivity index (χ1) is 43.9. The Balaban J connectivity index is 4.88. The Morgan fingerprint density at radius 1 is 0.389 bits per heavy atom. The molecular weight excluding hydrogens is 1130 g/mol. The molecule has 0 fully saturated rings. The molecule has 0 aromatic rings. The van der Waals surface area contributed by atoms with Crippen LogP contribution in [0.2, 0.25) is 0 Å². The van der Waals surface area contributed by atoms with Crippen LogP contribution in [0.4, 0.5) is 0 Å². The van der Waals surface area contributed by atoms with Crippen LogP contribution in [0, 0.1) is 0 Å². The van der Waals surface area contributed by atoms with Crippen LogP contribution in [-0.2, 0) is 27.9 Å². The zero-order valence-electron chi connectivity index (χ0n) is 61.2. The van der Waals surface area contributed by atoms with Crippen molar-refractivity contribution in [2.45, 2.75) is 425 Å². The predicted molar refractivity (Wildman–Crippen MR) is 393 cm³/mol. The molecule has 0 aromatic heterocycles. The van der Waals surface area contributed by atoms with Gasteiger partial charge in [0.1, 0.15) is 19.3 Å². The van der Waals surface area contributed by atoms with Crippen molar-refractivity contribution in [1.29, 1.82) is 0 Å². The number of nitrogens with one attached hydrogen (secondary N) is 1. The molecule has 0 aliphatic rings. The average molecular weight is 1290 g/mol. The van der Waals surface area contributed by atoms with Gasteiger partial charge < -0.3 is 19.4 Å². The summed E-state index contributed by atoms with van der Waals surface area (Å²) in [5, 5.41) is 3.09. The quantitative estimate of drug-likeness (QED) is 0.0205. The Hall–Kier alpha value is -1.77. The maximum absolute atomic E-state index is 13.7. The lowest BCUT2D eigenvalue weighted by Crippen LogP contribution is -2.47. The fraction of sp³-hybridized carbons (Fsp3) is 0.900. The molecule has 0 aliphatic carbocycles. The second kappa shape index (κ2) is 70.0. The van der Waals surface area contributed by atoms with E-state index in [4.69, 9.17) is 13.8 Å². The molecule has 532 valence electrons. The van der Waals surface area contributed by atoms with E-state index in [9.17, 15) is 19.0 Å². The molecule has 0 heterocycles. The Morgan fingerprint density at radius 3 is 1.02 bits per heavy atom. The van der Waals surface area contributed by atoms with E-state index in [1.165, 1.54) is 315 Å². The minimum Gasteiger partial charge on any atom is -0.456 e. The van der Waals surface area contributed by atoms with Crippen LogP contribution in [0.3, 0.4) is 0 Å². The first-order valence-corrected chi connectivity index (χ1v) is 41.3. The summed E-state index contributed by atoms with van der Waals surface area (Å²) in [7, 11) is 1.52. The maximum atomic E-state index is 13.7. The highest BCUT2D eigenvalue weighted by atomic mass is 31.2. The lowest BCUT2D eigenvalue weighted by Gasteiger charge is -2.27. The number of amides is 1. The second-order valence-corrected chi connectivity index (χ2v) is 30.1. The molecule has 3 unspecified atom stereocenters. The van der Waals surface area contributed by atoms with Crippen molar-refractivity contribution >= 4 is 19.7 Å². The summed E-state index contributed by atoms with van der Waals surface area (Å²) in [6.45, 7) is 7.07. The van der Waals surface area contributed by atoms with Gasteiger partial charge in [0, 0.05) is 12.8 Å². The van der Waals surface area contributed by atoms with Gasteiger partial charge in [-0.15, -0.1) is 0 Å². The van der Waals surface area contributed by atoms with E-state index in [1.54, 1.807) is 0 Å². The Kier molecular flexibility index (Phi) is 68.7. The summed E-state index contributed by atoms with van der Waals surface area (Å²) < 4.78 is 30.9. The number of hydrogen-bond acceptors (Lipinski definition) is 6. The molecule has 10 heteroatoms. The topological polar surface area (TPSA) is 111 Å². The first kappa shape index (κ1) is 88.2. The molecule has 1 amide bonds. The molecular formula is C80H156N2O7P+. The van der Waals surface area contributed by atoms with Crippen molar-refractivity contribution in [2.24, 2.45) is 0 Å². The van der Waals surface area contributed by atoms with Gasteiger partial charge in [0.2, 0.25) is 5.91 Å². The minimum absolute atomic E-state index is 0.0441. The molecule has 0 bridgehead atoms. The summed E-state index contributed by atoms with van der Waals surface area (Å²) in [5.74, 6) is -0.478. The van der Waals surface area contributed by atoms with Crippen LogP contribution in [-0.4, -0.2) is 74.3 Å². The van der Waals surface area contributed by atoms with Crippen LogP contribution >= 0.6 is 7.82 Å². The summed E-state index contributed by atoms with van der Waals surface area (Å²) >= 11 is 0. The van der Waals surface area contributed by atoms with E-state index in [2.05, 4.69) is 56.5 Å². The van der Waals surface area contributed by atoms with Crippen LogP contribution in [0.1, 0.15) is 412 Å². The van der Waals surface area contributed by atoms with Crippen LogP contribution in [0.15, 0.2) is 36.5 Å². The van der Waals surface area contributed by atoms with Crippen molar-refractivity contribution in [1.82, 2.24) is 5.32 Å². The number of esters is 1. The van der Waals surface area contributed by atoms with Gasteiger partial charge in [0.15, 0.2) is 0 Å². The summed E-state index contributed by atoms with van der Waals surface area (Å²) in [6.07, 6.45) is 89.0. The second-order valence-electron chi connectivity index (χ2n) is 28.6. The zero-order chi connectivity index (χ0) is 65.6. The van der Waals surface area contributed by atoms with Gasteiger partial charge in [-0.3, -0.25) is 18.6 Å². The number of hydrogen-bond donors (Lipinski definition) is 2. The van der Waals surface area contributed by atoms with E-state index in [0.717, 1.165) is 64.2 Å². The average Bonchev–Trinajstić information content (AvgIpc) is 3.04. The van der Waals surface area contributed by atoms with Crippen LogP contribution in [0.5, 0.6) is 0 Å². The highest BCUT2D eigenvalue weighted by molar-refractivity contribution is 7.47. The molecule has 0 saturated carbocycles. The Bertz CT molecular complexity index is 1630. The number of rotatable bonds is 74. The highest BCUT2D eigenvalue weighted by Gasteiger charge is 2.30. The number of phosphoric acid groups is 1. The standard InChI is InChI=1S/C80H155N2O7P/c1-7-10-13-16-19-22-25-28-30-32-34-36-38-40-41-43-44-46-48-50-52-54-57-60-63-66-69-72-79(83)81-77(76-88-90(85,86)87-75-74-82(4,5)6)78(71-68-65-62-59-56-27-24-21-18-15-12-9-3)89-80(84)73-70-67-64-61-58-55-53-51-49-47-45-42-39-37-35-33-31-29-26-23-20-17-14-11-8-2/h19,22,28,30,68,71,77-78H,7-18,20-21,23-27,29,31-67,69-70,72-76H2,1-6H3,(H-,81,83,85,86)/p+1/b22-19-,30-28-,71-68+. The molecule has 0 aliphatic heterocycles. The van der Waals surface area contributed by atoms with Gasteiger partial charge >= 0.3 is 13.8 Å². The zero-order valence-corrected chi connectivity index (χ0v) is 62.1. The molecule has 0 spiro atoms. The number of unbranched alkanes of at least 4 members (excludes halogenated alkanes) is 54. The summed E-state index contributed by atoms with van der Waals surface area (Å²) in [4.78, 5) is 38.0. The first-order valence-electron chi connectivity index (χ1n) is 39.8. The monoisotopic (exact) mass is 1290 g/mol. The van der Waals surface area contributed by atoms with Crippen LogP contribution in [0.25, 0.3) is 0 Å². The van der Waals surface area contributed by atoms with E-state index in [1.807, 2.05) is 27.2 Å². The number of quaternary nitrogens is 1. The molecule has 2 N–H and O–H groups in total. The number of carbonyl (C=O) groups excluding carboxylic acids is 2. The normalized spacial score (nSPS) is 13.5. The molecule has 0 rings (SSSR count). The van der Waals surface area contributed by atoms with Gasteiger partial charge in [-0.1, -0.05) is 372 Å². The van der Waals surface area contributed by atoms with E-state index in [-0.39, 0.29) is 25.1 Å². The third-order valence-corrected chi connectivity index (χ3v) is 19.3. The maximum Gasteiger partial charge on any atom is 0.472 e. The fourth-order valence-electron chi connectivity index (χ4n) is 12.2. The molecule has 0 aromatic carbocycles. The summed E-state index contributed by atoms with van der Waals surface area (Å²) in [6, 6.07) is -0.845. The van der Waals surface area contributed by atoms with E-state index in [0.29, 0.717) is 23.9 Å². The lowest BCUT2D eigenvalue weighted by atomic mass is 10.0. The van der Waals surface area contributed by atoms with Crippen molar-refractivity contribution in [3.63, 3.8) is 0 Å². The molecule has 0 saturated heterocycles. The smallest absolute Gasteiger partial charge is 0.456 e. The van der Waals surface area contributed by atoms with Crippen molar-refractivity contribution < 1.29 is 37.3 Å². The van der Waals surface area contributed by atoms with Gasteiger partial charge in [-0.2, -0.15) is 0 Å². The van der Waals surface area contributed by atoms with Gasteiger partial charge in [0.05, 0.1) is 33.8 Å². The third kappa shape index (κ3) is 70.5. The Morgan fingerprint density at radius 2 is 0.678 bits per heavy atom. The molecule has 90 heavy (non-hydrogen) atoms. The lowest BCUT2D eigenvalue weighted by molar-refractivity contribution is -0.870. The minimum atomic E-state index is -4.45. The number of nitrogens with zero attached hydrogens (tertiary/aromatic N) is 1. The van der Waals surface area contributed by atoms with Crippen LogP contribution < -0.4 is 5.32 Å². The third-order valence-electron chi connectivity index (χ3n) is 18.3. The number of allylic oxidation sites excluding steroid dienone is 5. The van der Waals surface area contributed by atoms with E-state index >= 15 is 0 Å². The van der Waals surface area contributed by atoms with Crippen molar-refractivity contribution in [3.05, 3.63) is 36.5 Å². The number of ether oxygens (including phenoxy) is 1.